The Labute approximate surface area is 132 Å². The normalized spacial score (nSPS) is 23.8. The lowest BCUT2D eigenvalue weighted by Gasteiger charge is -2.30. The Balaban J connectivity index is 2.20. The summed E-state index contributed by atoms with van der Waals surface area (Å²) in [4.78, 5) is 17.4. The van der Waals surface area contributed by atoms with E-state index >= 15 is 0 Å². The maximum Gasteiger partial charge on any atom is 0.241 e. The molecule has 0 saturated carbocycles. The van der Waals surface area contributed by atoms with Crippen LogP contribution in [0.5, 0.6) is 0 Å². The maximum absolute atomic E-state index is 12.8. The van der Waals surface area contributed by atoms with Gasteiger partial charge in [0.25, 0.3) is 0 Å². The predicted octanol–water partition coefficient (Wildman–Crippen LogP) is 4.23. The summed E-state index contributed by atoms with van der Waals surface area (Å²) in [6.45, 7) is 8.66. The van der Waals surface area contributed by atoms with Gasteiger partial charge >= 0.3 is 0 Å². The van der Waals surface area contributed by atoms with Crippen molar-refractivity contribution < 1.29 is 4.79 Å². The molecule has 0 bridgehead atoms. The number of nitrogens with one attached hydrogen (secondary N) is 1. The number of hydrogen-bond acceptors (Lipinski definition) is 3. The Bertz CT molecular complexity index is 471. The van der Waals surface area contributed by atoms with Crippen LogP contribution in [0.2, 0.25) is 0 Å². The fourth-order valence-electron chi connectivity index (χ4n) is 3.07. The van der Waals surface area contributed by atoms with Crippen molar-refractivity contribution >= 4 is 17.2 Å². The van der Waals surface area contributed by atoms with Gasteiger partial charge < -0.3 is 4.90 Å². The number of thiophene rings is 1. The van der Waals surface area contributed by atoms with Gasteiger partial charge in [-0.25, -0.2) is 0 Å². The molecule has 3 unspecified atom stereocenters. The van der Waals surface area contributed by atoms with Gasteiger partial charge in [0, 0.05) is 15.8 Å². The topological polar surface area (TPSA) is 32.3 Å². The molecule has 0 aliphatic carbocycles. The van der Waals surface area contributed by atoms with Gasteiger partial charge in [-0.3, -0.25) is 10.1 Å². The van der Waals surface area contributed by atoms with Crippen molar-refractivity contribution in [3.8, 4) is 0 Å². The number of hydrogen-bond donors (Lipinski definition) is 1. The van der Waals surface area contributed by atoms with Crippen molar-refractivity contribution in [2.75, 3.05) is 0 Å². The monoisotopic (exact) mass is 308 g/mol. The molecule has 1 saturated heterocycles. The quantitative estimate of drug-likeness (QED) is 0.817. The van der Waals surface area contributed by atoms with Crippen LogP contribution in [0.1, 0.15) is 68.8 Å². The Kier molecular flexibility index (Phi) is 5.82. The van der Waals surface area contributed by atoms with Crippen LogP contribution < -0.4 is 5.32 Å². The van der Waals surface area contributed by atoms with Gasteiger partial charge in [0.1, 0.15) is 6.17 Å². The number of nitrogens with zero attached hydrogens (tertiary/aromatic N) is 1. The van der Waals surface area contributed by atoms with Crippen molar-refractivity contribution in [3.63, 3.8) is 0 Å². The van der Waals surface area contributed by atoms with E-state index in [1.54, 1.807) is 11.3 Å². The molecule has 0 spiro atoms. The summed E-state index contributed by atoms with van der Waals surface area (Å²) in [7, 11) is 0. The van der Waals surface area contributed by atoms with Crippen LogP contribution in [0.15, 0.2) is 12.1 Å². The van der Waals surface area contributed by atoms with E-state index in [9.17, 15) is 4.79 Å². The van der Waals surface area contributed by atoms with Gasteiger partial charge in [-0.15, -0.1) is 11.3 Å². The first-order chi connectivity index (χ1) is 10.1. The van der Waals surface area contributed by atoms with Crippen LogP contribution >= 0.6 is 11.3 Å². The lowest BCUT2D eigenvalue weighted by molar-refractivity contribution is -0.132. The molecule has 2 rings (SSSR count). The van der Waals surface area contributed by atoms with Crippen LogP contribution in [0.25, 0.3) is 0 Å². The molecule has 0 aromatic carbocycles. The molecule has 4 heteroatoms. The summed E-state index contributed by atoms with van der Waals surface area (Å²) in [5.41, 5.74) is 0. The average molecular weight is 308 g/mol. The van der Waals surface area contributed by atoms with Gasteiger partial charge in [0.15, 0.2) is 0 Å². The zero-order chi connectivity index (χ0) is 15.4. The van der Waals surface area contributed by atoms with Crippen molar-refractivity contribution in [1.82, 2.24) is 10.2 Å². The summed E-state index contributed by atoms with van der Waals surface area (Å²) >= 11 is 1.80. The molecule has 3 nitrogen and oxygen atoms in total. The Morgan fingerprint density at radius 3 is 2.67 bits per heavy atom. The van der Waals surface area contributed by atoms with Crippen LogP contribution in [0.3, 0.4) is 0 Å². The van der Waals surface area contributed by atoms with E-state index in [1.165, 1.54) is 22.6 Å². The third-order valence-electron chi connectivity index (χ3n) is 4.25. The molecule has 2 heterocycles. The lowest BCUT2D eigenvalue weighted by Crippen LogP contribution is -2.38. The Hall–Kier alpha value is -0.870. The minimum Gasteiger partial charge on any atom is -0.318 e. The third-order valence-corrected chi connectivity index (χ3v) is 5.30. The molecule has 3 atom stereocenters. The molecule has 21 heavy (non-hydrogen) atoms. The number of rotatable bonds is 7. The smallest absolute Gasteiger partial charge is 0.241 e. The third kappa shape index (κ3) is 3.67. The minimum atomic E-state index is -0.00789. The molecule has 1 aromatic rings. The van der Waals surface area contributed by atoms with Crippen molar-refractivity contribution in [1.29, 1.82) is 0 Å². The average Bonchev–Trinajstić information content (AvgIpc) is 3.01. The van der Waals surface area contributed by atoms with Gasteiger partial charge in [-0.2, -0.15) is 0 Å². The summed E-state index contributed by atoms with van der Waals surface area (Å²) in [5.74, 6) is 0.288. The summed E-state index contributed by atoms with van der Waals surface area (Å²) < 4.78 is 0. The summed E-state index contributed by atoms with van der Waals surface area (Å²) in [6, 6.07) is 4.61. The maximum atomic E-state index is 12.8. The van der Waals surface area contributed by atoms with Gasteiger partial charge in [0.2, 0.25) is 5.91 Å². The highest BCUT2D eigenvalue weighted by molar-refractivity contribution is 7.12. The van der Waals surface area contributed by atoms with E-state index in [-0.39, 0.29) is 18.1 Å². The second kappa shape index (κ2) is 7.41. The summed E-state index contributed by atoms with van der Waals surface area (Å²) in [5, 5.41) is 3.57. The van der Waals surface area contributed by atoms with E-state index in [0.717, 1.165) is 19.3 Å². The second-order valence-corrected chi connectivity index (χ2v) is 7.42. The molecule has 1 amide bonds. The van der Waals surface area contributed by atoms with Crippen LogP contribution in [-0.2, 0) is 4.79 Å². The molecular weight excluding hydrogens is 280 g/mol. The SMILES string of the molecule is CCCCC(C)N1C(=O)C(CCC)NC1c1ccc(C)s1. The van der Waals surface area contributed by atoms with Gasteiger partial charge in [0.05, 0.1) is 6.04 Å². The highest BCUT2D eigenvalue weighted by atomic mass is 32.1. The largest absolute Gasteiger partial charge is 0.318 e. The van der Waals surface area contributed by atoms with Crippen LogP contribution in [0, 0.1) is 6.92 Å². The lowest BCUT2D eigenvalue weighted by atomic mass is 10.1. The first kappa shape index (κ1) is 16.5. The van der Waals surface area contributed by atoms with Gasteiger partial charge in [-0.05, 0) is 38.8 Å². The molecular formula is C17H28N2OS. The van der Waals surface area contributed by atoms with E-state index in [0.29, 0.717) is 6.04 Å². The number of unbranched alkanes of at least 4 members (excludes halogenated alkanes) is 1. The molecule has 118 valence electrons. The highest BCUT2D eigenvalue weighted by Gasteiger charge is 2.41. The predicted molar refractivity (Wildman–Crippen MR) is 89.5 cm³/mol. The van der Waals surface area contributed by atoms with Crippen molar-refractivity contribution in [3.05, 3.63) is 21.9 Å². The van der Waals surface area contributed by atoms with E-state index in [2.05, 4.69) is 50.0 Å². The zero-order valence-electron chi connectivity index (χ0n) is 13.7. The fraction of sp³-hybridized carbons (Fsp3) is 0.706. The molecule has 1 fully saturated rings. The summed E-state index contributed by atoms with van der Waals surface area (Å²) in [6.07, 6.45) is 5.48. The molecule has 1 aromatic heterocycles. The first-order valence-electron chi connectivity index (χ1n) is 8.23. The number of amides is 1. The molecule has 0 radical (unpaired) electrons. The van der Waals surface area contributed by atoms with Crippen molar-refractivity contribution in [2.45, 2.75) is 78.0 Å². The second-order valence-electron chi connectivity index (χ2n) is 6.10. The number of carbonyl (C=O) groups is 1. The molecule has 1 aliphatic rings. The minimum absolute atomic E-state index is 0.00789. The van der Waals surface area contributed by atoms with Crippen LogP contribution in [-0.4, -0.2) is 22.9 Å². The standard InChI is InChI=1S/C17H28N2OS/c1-5-7-9-12(3)19-16(15-11-10-13(4)21-15)18-14(8-6-2)17(19)20/h10-12,14,16,18H,5-9H2,1-4H3. The molecule has 1 aliphatic heterocycles. The van der Waals surface area contributed by atoms with Crippen LogP contribution in [0.4, 0.5) is 0 Å². The van der Waals surface area contributed by atoms with E-state index in [4.69, 9.17) is 0 Å². The zero-order valence-corrected chi connectivity index (χ0v) is 14.5. The Morgan fingerprint density at radius 2 is 2.10 bits per heavy atom. The number of aryl methyl sites for hydroxylation is 1. The van der Waals surface area contributed by atoms with Crippen molar-refractivity contribution in [2.24, 2.45) is 0 Å². The number of carbonyl (C=O) groups excluding carboxylic acids is 1. The fourth-order valence-corrected chi connectivity index (χ4v) is 4.01. The first-order valence-corrected chi connectivity index (χ1v) is 9.04. The van der Waals surface area contributed by atoms with E-state index < -0.39 is 0 Å². The van der Waals surface area contributed by atoms with E-state index in [1.807, 2.05) is 0 Å². The molecule has 1 N–H and O–H groups in total. The van der Waals surface area contributed by atoms with Gasteiger partial charge in [-0.1, -0.05) is 33.1 Å². The highest BCUT2D eigenvalue weighted by Crippen LogP contribution is 2.33. The Morgan fingerprint density at radius 1 is 1.33 bits per heavy atom.